The lowest BCUT2D eigenvalue weighted by Gasteiger charge is -2.14. The van der Waals surface area contributed by atoms with Gasteiger partial charge in [-0.3, -0.25) is 15.6 Å². The van der Waals surface area contributed by atoms with Crippen molar-refractivity contribution >= 4 is 23.0 Å². The van der Waals surface area contributed by atoms with Crippen LogP contribution in [-0.2, 0) is 4.79 Å². The third-order valence-electron chi connectivity index (χ3n) is 3.35. The van der Waals surface area contributed by atoms with E-state index in [2.05, 4.69) is 22.5 Å². The second-order valence-corrected chi connectivity index (χ2v) is 4.84. The van der Waals surface area contributed by atoms with Gasteiger partial charge in [-0.2, -0.15) is 5.10 Å². The van der Waals surface area contributed by atoms with Crippen LogP contribution in [0.4, 0.5) is 11.4 Å². The fraction of sp³-hybridized carbons (Fsp3) is 0.0588. The van der Waals surface area contributed by atoms with E-state index in [0.717, 1.165) is 5.69 Å². The Hall–Kier alpha value is -3.28. The third kappa shape index (κ3) is 2.87. The number of benzene rings is 2. The second-order valence-electron chi connectivity index (χ2n) is 4.84. The summed E-state index contributed by atoms with van der Waals surface area (Å²) in [6.07, 6.45) is 0. The highest BCUT2D eigenvalue weighted by molar-refractivity contribution is 6.51. The minimum absolute atomic E-state index is 0.222. The lowest BCUT2D eigenvalue weighted by molar-refractivity contribution is -0.112. The summed E-state index contributed by atoms with van der Waals surface area (Å²) in [5, 5.41) is 5.58. The molecule has 1 amide bonds. The molecule has 0 aromatic heterocycles. The Morgan fingerprint density at radius 3 is 2.57 bits per heavy atom. The molecule has 6 heteroatoms. The first-order valence-electron chi connectivity index (χ1n) is 7.03. The molecule has 3 rings (SSSR count). The number of hydrazone groups is 1. The molecule has 0 radical (unpaired) electrons. The molecule has 23 heavy (non-hydrogen) atoms. The number of anilines is 2. The molecule has 0 aliphatic carbocycles. The second kappa shape index (κ2) is 6.23. The van der Waals surface area contributed by atoms with E-state index in [1.54, 1.807) is 7.11 Å². The summed E-state index contributed by atoms with van der Waals surface area (Å²) in [6, 6.07) is 16.6. The Labute approximate surface area is 134 Å². The molecule has 0 spiro atoms. The van der Waals surface area contributed by atoms with Gasteiger partial charge in [-0.25, -0.2) is 5.01 Å². The SMILES string of the molecule is C=C1NN(c2ccccc2)C(=O)/C1=N\Nc1ccccc1OC. The first kappa shape index (κ1) is 14.6. The van der Waals surface area contributed by atoms with Crippen LogP contribution < -0.4 is 20.6 Å². The van der Waals surface area contributed by atoms with Gasteiger partial charge in [0.05, 0.1) is 24.2 Å². The van der Waals surface area contributed by atoms with Crippen molar-refractivity contribution in [2.75, 3.05) is 17.5 Å². The molecule has 1 aliphatic rings. The van der Waals surface area contributed by atoms with E-state index in [1.165, 1.54) is 5.01 Å². The number of ether oxygens (including phenoxy) is 1. The largest absolute Gasteiger partial charge is 0.495 e. The van der Waals surface area contributed by atoms with E-state index in [4.69, 9.17) is 4.74 Å². The van der Waals surface area contributed by atoms with Crippen molar-refractivity contribution in [3.05, 3.63) is 66.9 Å². The molecule has 6 nitrogen and oxygen atoms in total. The molecular weight excluding hydrogens is 292 g/mol. The lowest BCUT2D eigenvalue weighted by Crippen LogP contribution is -2.34. The molecule has 116 valence electrons. The van der Waals surface area contributed by atoms with E-state index in [-0.39, 0.29) is 11.6 Å². The number of nitrogens with zero attached hydrogens (tertiary/aromatic N) is 2. The molecule has 0 saturated carbocycles. The Kier molecular flexibility index (Phi) is 3.97. The highest BCUT2D eigenvalue weighted by atomic mass is 16.5. The Bertz CT molecular complexity index is 771. The fourth-order valence-electron chi connectivity index (χ4n) is 2.20. The van der Waals surface area contributed by atoms with Crippen molar-refractivity contribution in [1.82, 2.24) is 5.43 Å². The van der Waals surface area contributed by atoms with E-state index in [1.807, 2.05) is 54.6 Å². The van der Waals surface area contributed by atoms with Crippen molar-refractivity contribution in [1.29, 1.82) is 0 Å². The van der Waals surface area contributed by atoms with Crippen LogP contribution in [0.15, 0.2) is 72.0 Å². The molecule has 1 fully saturated rings. The van der Waals surface area contributed by atoms with Crippen LogP contribution in [0, 0.1) is 0 Å². The number of hydrogen-bond donors (Lipinski definition) is 2. The van der Waals surface area contributed by atoms with Crippen LogP contribution in [-0.4, -0.2) is 18.7 Å². The maximum absolute atomic E-state index is 12.5. The number of rotatable bonds is 4. The average Bonchev–Trinajstić information content (AvgIpc) is 2.88. The molecule has 1 saturated heterocycles. The molecule has 0 unspecified atom stereocenters. The zero-order valence-electron chi connectivity index (χ0n) is 12.6. The summed E-state index contributed by atoms with van der Waals surface area (Å²) in [5.74, 6) is 0.365. The number of nitrogens with one attached hydrogen (secondary N) is 2. The van der Waals surface area contributed by atoms with Gasteiger partial charge < -0.3 is 4.74 Å². The molecule has 2 aromatic rings. The Balaban J connectivity index is 1.83. The monoisotopic (exact) mass is 308 g/mol. The van der Waals surface area contributed by atoms with E-state index >= 15 is 0 Å². The highest BCUT2D eigenvalue weighted by Crippen LogP contribution is 2.24. The van der Waals surface area contributed by atoms with E-state index in [9.17, 15) is 4.79 Å². The Morgan fingerprint density at radius 1 is 1.13 bits per heavy atom. The lowest BCUT2D eigenvalue weighted by atomic mass is 10.3. The molecule has 2 N–H and O–H groups in total. The van der Waals surface area contributed by atoms with Crippen molar-refractivity contribution < 1.29 is 9.53 Å². The predicted octanol–water partition coefficient (Wildman–Crippen LogP) is 2.53. The molecule has 0 atom stereocenters. The van der Waals surface area contributed by atoms with Gasteiger partial charge in [0.2, 0.25) is 0 Å². The molecule has 2 aromatic carbocycles. The molecule has 0 bridgehead atoms. The first-order valence-corrected chi connectivity index (χ1v) is 7.03. The molecular formula is C17H16N4O2. The smallest absolute Gasteiger partial charge is 0.299 e. The molecule has 1 aliphatic heterocycles. The van der Waals surface area contributed by atoms with Gasteiger partial charge in [-0.1, -0.05) is 36.9 Å². The quantitative estimate of drug-likeness (QED) is 0.852. The minimum atomic E-state index is -0.274. The van der Waals surface area contributed by atoms with E-state index in [0.29, 0.717) is 17.1 Å². The van der Waals surface area contributed by atoms with Crippen LogP contribution in [0.2, 0.25) is 0 Å². The fourth-order valence-corrected chi connectivity index (χ4v) is 2.20. The van der Waals surface area contributed by atoms with Crippen molar-refractivity contribution in [3.63, 3.8) is 0 Å². The number of amides is 1. The topological polar surface area (TPSA) is 66.0 Å². The van der Waals surface area contributed by atoms with Gasteiger partial charge in [-0.15, -0.1) is 0 Å². The number of hydrazine groups is 1. The van der Waals surface area contributed by atoms with E-state index < -0.39 is 0 Å². The van der Waals surface area contributed by atoms with Crippen molar-refractivity contribution in [2.45, 2.75) is 0 Å². The summed E-state index contributed by atoms with van der Waals surface area (Å²) in [4.78, 5) is 12.5. The predicted molar refractivity (Wildman–Crippen MR) is 90.3 cm³/mol. The minimum Gasteiger partial charge on any atom is -0.495 e. The van der Waals surface area contributed by atoms with Crippen LogP contribution in [0.1, 0.15) is 0 Å². The first-order chi connectivity index (χ1) is 11.2. The summed E-state index contributed by atoms with van der Waals surface area (Å²) in [7, 11) is 1.58. The van der Waals surface area contributed by atoms with Crippen LogP contribution in [0.25, 0.3) is 0 Å². The van der Waals surface area contributed by atoms with Crippen LogP contribution in [0.3, 0.4) is 0 Å². The van der Waals surface area contributed by atoms with Gasteiger partial charge in [0.1, 0.15) is 5.75 Å². The maximum atomic E-state index is 12.5. The maximum Gasteiger partial charge on any atom is 0.299 e. The summed E-state index contributed by atoms with van der Waals surface area (Å²) in [6.45, 7) is 3.84. The number of carbonyl (C=O) groups is 1. The normalized spacial score (nSPS) is 15.7. The standard InChI is InChI=1S/C17H16N4O2/c1-12-16(19-18-14-10-6-7-11-15(14)23-2)17(22)21(20-12)13-8-4-3-5-9-13/h3-11,18,20H,1H2,2H3/b19-16-. The summed E-state index contributed by atoms with van der Waals surface area (Å²) >= 11 is 0. The third-order valence-corrected chi connectivity index (χ3v) is 3.35. The molecule has 1 heterocycles. The number of hydrogen-bond acceptors (Lipinski definition) is 5. The van der Waals surface area contributed by atoms with Crippen LogP contribution in [0.5, 0.6) is 5.75 Å². The summed E-state index contributed by atoms with van der Waals surface area (Å²) < 4.78 is 5.24. The van der Waals surface area contributed by atoms with Gasteiger partial charge in [0, 0.05) is 0 Å². The zero-order chi connectivity index (χ0) is 16.2. The highest BCUT2D eigenvalue weighted by Gasteiger charge is 2.32. The summed E-state index contributed by atoms with van der Waals surface area (Å²) in [5.41, 5.74) is 7.82. The average molecular weight is 308 g/mol. The van der Waals surface area contributed by atoms with Crippen molar-refractivity contribution in [3.8, 4) is 5.75 Å². The number of carbonyl (C=O) groups excluding carboxylic acids is 1. The number of para-hydroxylation sites is 3. The van der Waals surface area contributed by atoms with Gasteiger partial charge in [-0.05, 0) is 24.3 Å². The van der Waals surface area contributed by atoms with Crippen LogP contribution >= 0.6 is 0 Å². The zero-order valence-corrected chi connectivity index (χ0v) is 12.6. The Morgan fingerprint density at radius 2 is 1.83 bits per heavy atom. The van der Waals surface area contributed by atoms with Gasteiger partial charge in [0.15, 0.2) is 5.71 Å². The van der Waals surface area contributed by atoms with Gasteiger partial charge in [0.25, 0.3) is 5.91 Å². The van der Waals surface area contributed by atoms with Gasteiger partial charge >= 0.3 is 0 Å². The number of methoxy groups -OCH3 is 1. The van der Waals surface area contributed by atoms with Crippen molar-refractivity contribution in [2.24, 2.45) is 5.10 Å².